The Hall–Kier alpha value is -3.01. The van der Waals surface area contributed by atoms with E-state index in [-0.39, 0.29) is 5.56 Å². The molecular weight excluding hydrogens is 458 g/mol. The number of benzene rings is 1. The fraction of sp³-hybridized carbons (Fsp3) is 0.130. The second-order valence-electron chi connectivity index (χ2n) is 7.08. The molecule has 0 aliphatic carbocycles. The Bertz CT molecular complexity index is 1460. The van der Waals surface area contributed by atoms with Gasteiger partial charge in [0.25, 0.3) is 5.56 Å². The van der Waals surface area contributed by atoms with Crippen LogP contribution in [0.25, 0.3) is 27.5 Å². The normalized spacial score (nSPS) is 11.3. The van der Waals surface area contributed by atoms with Crippen LogP contribution in [0.15, 0.2) is 76.0 Å². The lowest BCUT2D eigenvalue weighted by atomic mass is 10.0. The van der Waals surface area contributed by atoms with E-state index in [0.29, 0.717) is 17.3 Å². The third-order valence-electron chi connectivity index (χ3n) is 5.01. The Morgan fingerprint density at radius 2 is 2.03 bits per heavy atom. The van der Waals surface area contributed by atoms with E-state index in [1.807, 2.05) is 29.7 Å². The number of hydrogen-bond acceptors (Lipinski definition) is 7. The lowest BCUT2D eigenvalue weighted by Crippen LogP contribution is -2.12. The SMILES string of the molecule is C=CCn1c(SCc2cc(=O)n3ccsc3n2)nnc1-c1csc(C)c1-c1ccccc1. The van der Waals surface area contributed by atoms with Crippen LogP contribution >= 0.6 is 34.4 Å². The molecule has 4 heterocycles. The van der Waals surface area contributed by atoms with Crippen molar-refractivity contribution in [1.29, 1.82) is 0 Å². The average Bonchev–Trinajstić information content (AvgIpc) is 3.52. The van der Waals surface area contributed by atoms with E-state index >= 15 is 0 Å². The zero-order valence-electron chi connectivity index (χ0n) is 17.3. The maximum atomic E-state index is 12.3. The molecule has 0 saturated carbocycles. The summed E-state index contributed by atoms with van der Waals surface area (Å²) in [4.78, 5) is 18.8. The average molecular weight is 478 g/mol. The van der Waals surface area contributed by atoms with Crippen molar-refractivity contribution in [3.05, 3.63) is 86.9 Å². The molecule has 0 fully saturated rings. The summed E-state index contributed by atoms with van der Waals surface area (Å²) in [6.45, 7) is 6.64. The van der Waals surface area contributed by atoms with Crippen LogP contribution in [-0.4, -0.2) is 24.1 Å². The second kappa shape index (κ2) is 8.85. The summed E-state index contributed by atoms with van der Waals surface area (Å²) in [5, 5.41) is 13.8. The van der Waals surface area contributed by atoms with Crippen molar-refractivity contribution >= 4 is 39.4 Å². The number of rotatable bonds is 7. The molecule has 6 nitrogen and oxygen atoms in total. The van der Waals surface area contributed by atoms with Gasteiger partial charge in [0, 0.05) is 51.3 Å². The zero-order chi connectivity index (χ0) is 22.1. The lowest BCUT2D eigenvalue weighted by Gasteiger charge is -2.09. The summed E-state index contributed by atoms with van der Waals surface area (Å²) in [7, 11) is 0. The van der Waals surface area contributed by atoms with E-state index in [1.165, 1.54) is 33.5 Å². The summed E-state index contributed by atoms with van der Waals surface area (Å²) in [6, 6.07) is 11.9. The maximum Gasteiger partial charge on any atom is 0.258 e. The smallest absolute Gasteiger partial charge is 0.258 e. The molecule has 0 unspecified atom stereocenters. The first-order valence-corrected chi connectivity index (χ1v) is 12.7. The second-order valence-corrected chi connectivity index (χ2v) is 9.98. The number of thioether (sulfide) groups is 1. The van der Waals surface area contributed by atoms with E-state index in [1.54, 1.807) is 28.0 Å². The Labute approximate surface area is 196 Å². The van der Waals surface area contributed by atoms with Crippen molar-refractivity contribution in [1.82, 2.24) is 24.1 Å². The predicted molar refractivity (Wildman–Crippen MR) is 133 cm³/mol. The number of allylic oxidation sites excluding steroid dienone is 1. The van der Waals surface area contributed by atoms with Gasteiger partial charge in [-0.1, -0.05) is 48.2 Å². The van der Waals surface area contributed by atoms with Gasteiger partial charge in [-0.2, -0.15) is 0 Å². The summed E-state index contributed by atoms with van der Waals surface area (Å²) in [6.07, 6.45) is 3.59. The minimum absolute atomic E-state index is 0.0682. The largest absolute Gasteiger partial charge is 0.298 e. The molecule has 0 bridgehead atoms. The first-order valence-electron chi connectivity index (χ1n) is 9.92. The van der Waals surface area contributed by atoms with Gasteiger partial charge in [-0.05, 0) is 12.5 Å². The summed E-state index contributed by atoms with van der Waals surface area (Å²) in [5.74, 6) is 1.35. The van der Waals surface area contributed by atoms with Crippen molar-refractivity contribution in [3.8, 4) is 22.5 Å². The number of fused-ring (bicyclic) bond motifs is 1. The summed E-state index contributed by atoms with van der Waals surface area (Å²) >= 11 is 4.68. The van der Waals surface area contributed by atoms with Crippen LogP contribution in [0.2, 0.25) is 0 Å². The number of aryl methyl sites for hydroxylation is 1. The predicted octanol–water partition coefficient (Wildman–Crippen LogP) is 5.53. The van der Waals surface area contributed by atoms with Crippen LogP contribution in [0.4, 0.5) is 0 Å². The van der Waals surface area contributed by atoms with Crippen molar-refractivity contribution in [2.45, 2.75) is 24.4 Å². The van der Waals surface area contributed by atoms with Gasteiger partial charge in [0.1, 0.15) is 0 Å². The van der Waals surface area contributed by atoms with Gasteiger partial charge in [0.15, 0.2) is 15.9 Å². The molecule has 9 heteroatoms. The summed E-state index contributed by atoms with van der Waals surface area (Å²) < 4.78 is 3.63. The van der Waals surface area contributed by atoms with E-state index in [4.69, 9.17) is 0 Å². The molecule has 0 aliphatic heterocycles. The van der Waals surface area contributed by atoms with Crippen LogP contribution < -0.4 is 5.56 Å². The molecule has 4 aromatic heterocycles. The molecule has 160 valence electrons. The van der Waals surface area contributed by atoms with Crippen LogP contribution in [0, 0.1) is 6.92 Å². The Kier molecular flexibility index (Phi) is 5.77. The molecule has 0 aliphatic rings. The third-order valence-corrected chi connectivity index (χ3v) is 7.68. The fourth-order valence-electron chi connectivity index (χ4n) is 3.57. The highest BCUT2D eigenvalue weighted by Gasteiger charge is 2.20. The third kappa shape index (κ3) is 3.83. The van der Waals surface area contributed by atoms with Gasteiger partial charge in [-0.15, -0.1) is 39.4 Å². The molecule has 0 saturated heterocycles. The molecule has 5 rings (SSSR count). The highest BCUT2D eigenvalue weighted by molar-refractivity contribution is 7.98. The fourth-order valence-corrected chi connectivity index (χ4v) is 6.01. The van der Waals surface area contributed by atoms with Gasteiger partial charge < -0.3 is 0 Å². The van der Waals surface area contributed by atoms with Crippen LogP contribution in [0.3, 0.4) is 0 Å². The van der Waals surface area contributed by atoms with Crippen LogP contribution in [0.5, 0.6) is 0 Å². The first-order chi connectivity index (χ1) is 15.7. The van der Waals surface area contributed by atoms with Crippen molar-refractivity contribution < 1.29 is 0 Å². The molecule has 32 heavy (non-hydrogen) atoms. The van der Waals surface area contributed by atoms with Gasteiger partial charge in [0.2, 0.25) is 0 Å². The molecule has 0 atom stereocenters. The quantitative estimate of drug-likeness (QED) is 0.228. The molecule has 0 radical (unpaired) electrons. The molecule has 5 aromatic rings. The number of hydrogen-bond donors (Lipinski definition) is 0. The van der Waals surface area contributed by atoms with E-state index in [2.05, 4.69) is 50.8 Å². The van der Waals surface area contributed by atoms with Crippen LogP contribution in [-0.2, 0) is 12.3 Å². The molecule has 0 spiro atoms. The highest BCUT2D eigenvalue weighted by Crippen LogP contribution is 2.39. The van der Waals surface area contributed by atoms with Gasteiger partial charge >= 0.3 is 0 Å². The maximum absolute atomic E-state index is 12.3. The Balaban J connectivity index is 1.50. The number of thiazole rings is 1. The minimum atomic E-state index is -0.0682. The van der Waals surface area contributed by atoms with E-state index in [9.17, 15) is 4.79 Å². The Morgan fingerprint density at radius 3 is 2.84 bits per heavy atom. The molecule has 0 N–H and O–H groups in total. The van der Waals surface area contributed by atoms with Crippen molar-refractivity contribution in [2.75, 3.05) is 0 Å². The molecule has 1 aromatic carbocycles. The zero-order valence-corrected chi connectivity index (χ0v) is 19.7. The monoisotopic (exact) mass is 477 g/mol. The van der Waals surface area contributed by atoms with E-state index < -0.39 is 0 Å². The van der Waals surface area contributed by atoms with Crippen molar-refractivity contribution in [2.24, 2.45) is 0 Å². The molecule has 0 amide bonds. The van der Waals surface area contributed by atoms with Gasteiger partial charge in [-0.3, -0.25) is 13.8 Å². The number of aromatic nitrogens is 5. The van der Waals surface area contributed by atoms with Gasteiger partial charge in [0.05, 0.1) is 5.69 Å². The van der Waals surface area contributed by atoms with Crippen molar-refractivity contribution in [3.63, 3.8) is 0 Å². The molecular formula is C23H19N5OS3. The standard InChI is InChI=1S/C23H19N5OS3/c1-3-9-28-21(18-14-31-15(2)20(18)16-7-5-4-6-8-16)25-26-23(28)32-13-17-12-19(29)27-10-11-30-22(27)24-17/h3-8,10-12,14H,1,9,13H2,2H3. The lowest BCUT2D eigenvalue weighted by molar-refractivity contribution is 0.731. The number of nitrogens with zero attached hydrogens (tertiary/aromatic N) is 5. The summed E-state index contributed by atoms with van der Waals surface area (Å²) in [5.41, 5.74) is 4.08. The topological polar surface area (TPSA) is 65.1 Å². The van der Waals surface area contributed by atoms with Gasteiger partial charge in [-0.25, -0.2) is 4.98 Å². The number of thiophene rings is 1. The Morgan fingerprint density at radius 1 is 1.19 bits per heavy atom. The minimum Gasteiger partial charge on any atom is -0.298 e. The highest BCUT2D eigenvalue weighted by atomic mass is 32.2. The van der Waals surface area contributed by atoms with Crippen LogP contribution in [0.1, 0.15) is 10.6 Å². The first kappa shape index (κ1) is 20.9. The van der Waals surface area contributed by atoms with E-state index in [0.717, 1.165) is 27.8 Å².